The van der Waals surface area contributed by atoms with Gasteiger partial charge in [0.25, 0.3) is 0 Å². The predicted octanol–water partition coefficient (Wildman–Crippen LogP) is 1.89. The van der Waals surface area contributed by atoms with E-state index in [1.807, 2.05) is 6.07 Å². The third-order valence-corrected chi connectivity index (χ3v) is 3.40. The van der Waals surface area contributed by atoms with Crippen LogP contribution in [0.2, 0.25) is 0 Å². The van der Waals surface area contributed by atoms with Gasteiger partial charge in [-0.1, -0.05) is 30.3 Å². The summed E-state index contributed by atoms with van der Waals surface area (Å²) in [5.41, 5.74) is 0.575. The molecule has 1 unspecified atom stereocenters. The molecule has 0 bridgehead atoms. The molecule has 2 atom stereocenters. The lowest BCUT2D eigenvalue weighted by molar-refractivity contribution is -0.142. The molecule has 0 spiro atoms. The monoisotopic (exact) mass is 277 g/mol. The molecule has 2 rings (SSSR count). The number of carboxylic acid groups (broad SMARTS) is 1. The molecule has 1 aromatic rings. The van der Waals surface area contributed by atoms with Gasteiger partial charge in [0.1, 0.15) is 0 Å². The van der Waals surface area contributed by atoms with Crippen molar-refractivity contribution in [1.82, 2.24) is 5.32 Å². The van der Waals surface area contributed by atoms with Crippen LogP contribution in [0.25, 0.3) is 0 Å². The normalized spacial score (nSPS) is 19.5. The van der Waals surface area contributed by atoms with Crippen molar-refractivity contribution in [3.63, 3.8) is 0 Å². The lowest BCUT2D eigenvalue weighted by Gasteiger charge is -2.15. The molecule has 2 N–H and O–H groups in total. The summed E-state index contributed by atoms with van der Waals surface area (Å²) in [6.07, 6.45) is 3.09. The van der Waals surface area contributed by atoms with Gasteiger partial charge in [0.2, 0.25) is 5.91 Å². The van der Waals surface area contributed by atoms with Gasteiger partial charge in [0, 0.05) is 13.0 Å². The SMILES string of the molecule is O=C(CCC1CCCO1)N[C@H](C(=O)O)c1ccccc1. The molecule has 108 valence electrons. The third-order valence-electron chi connectivity index (χ3n) is 3.40. The molecule has 0 aromatic heterocycles. The number of carbonyl (C=O) groups excluding carboxylic acids is 1. The van der Waals surface area contributed by atoms with Crippen molar-refractivity contribution in [1.29, 1.82) is 0 Å². The minimum Gasteiger partial charge on any atom is -0.479 e. The van der Waals surface area contributed by atoms with E-state index in [0.29, 0.717) is 18.4 Å². The smallest absolute Gasteiger partial charge is 0.330 e. The number of carbonyl (C=O) groups is 2. The zero-order valence-corrected chi connectivity index (χ0v) is 11.2. The van der Waals surface area contributed by atoms with Gasteiger partial charge >= 0.3 is 5.97 Å². The Labute approximate surface area is 117 Å². The average Bonchev–Trinajstić information content (AvgIpc) is 2.96. The molecule has 20 heavy (non-hydrogen) atoms. The minimum absolute atomic E-state index is 0.140. The Morgan fingerprint density at radius 3 is 2.70 bits per heavy atom. The summed E-state index contributed by atoms with van der Waals surface area (Å²) in [5.74, 6) is -1.31. The van der Waals surface area contributed by atoms with E-state index in [9.17, 15) is 14.7 Å². The van der Waals surface area contributed by atoms with Crippen LogP contribution in [-0.2, 0) is 14.3 Å². The molecule has 1 heterocycles. The van der Waals surface area contributed by atoms with Gasteiger partial charge in [0.05, 0.1) is 6.10 Å². The van der Waals surface area contributed by atoms with E-state index >= 15 is 0 Å². The van der Waals surface area contributed by atoms with Crippen LogP contribution in [0.1, 0.15) is 37.3 Å². The number of carboxylic acids is 1. The van der Waals surface area contributed by atoms with Gasteiger partial charge in [-0.3, -0.25) is 4.79 Å². The van der Waals surface area contributed by atoms with Crippen LogP contribution in [0.15, 0.2) is 30.3 Å². The van der Waals surface area contributed by atoms with Crippen LogP contribution >= 0.6 is 0 Å². The van der Waals surface area contributed by atoms with Crippen LogP contribution in [0, 0.1) is 0 Å². The fourth-order valence-corrected chi connectivity index (χ4v) is 2.33. The maximum absolute atomic E-state index is 11.9. The highest BCUT2D eigenvalue weighted by molar-refractivity contribution is 5.84. The van der Waals surface area contributed by atoms with Crippen LogP contribution in [0.3, 0.4) is 0 Å². The van der Waals surface area contributed by atoms with Gasteiger partial charge in [-0.2, -0.15) is 0 Å². The lowest BCUT2D eigenvalue weighted by Crippen LogP contribution is -2.34. The van der Waals surface area contributed by atoms with Crippen LogP contribution in [0.5, 0.6) is 0 Å². The van der Waals surface area contributed by atoms with Gasteiger partial charge < -0.3 is 15.2 Å². The van der Waals surface area contributed by atoms with Crippen molar-refractivity contribution < 1.29 is 19.4 Å². The Morgan fingerprint density at radius 1 is 1.35 bits per heavy atom. The van der Waals surface area contributed by atoms with E-state index in [-0.39, 0.29) is 12.0 Å². The van der Waals surface area contributed by atoms with Gasteiger partial charge in [-0.15, -0.1) is 0 Å². The second kappa shape index (κ2) is 7.05. The fraction of sp³-hybridized carbons (Fsp3) is 0.467. The molecular formula is C15H19NO4. The van der Waals surface area contributed by atoms with E-state index in [1.165, 1.54) is 0 Å². The zero-order chi connectivity index (χ0) is 14.4. The summed E-state index contributed by atoms with van der Waals surface area (Å²) >= 11 is 0. The summed E-state index contributed by atoms with van der Waals surface area (Å²) in [4.78, 5) is 23.1. The highest BCUT2D eigenvalue weighted by Crippen LogP contribution is 2.18. The molecule has 0 saturated carbocycles. The Kier molecular flexibility index (Phi) is 5.12. The molecule has 5 heteroatoms. The average molecular weight is 277 g/mol. The summed E-state index contributed by atoms with van der Waals surface area (Å²) in [6.45, 7) is 0.758. The van der Waals surface area contributed by atoms with E-state index < -0.39 is 12.0 Å². The second-order valence-electron chi connectivity index (χ2n) is 4.92. The molecule has 1 aliphatic rings. The molecule has 5 nitrogen and oxygen atoms in total. The number of aliphatic carboxylic acids is 1. The molecule has 0 radical (unpaired) electrons. The van der Waals surface area contributed by atoms with Gasteiger partial charge in [-0.25, -0.2) is 4.79 Å². The minimum atomic E-state index is -1.05. The van der Waals surface area contributed by atoms with Crippen molar-refractivity contribution in [2.24, 2.45) is 0 Å². The number of hydrogen-bond acceptors (Lipinski definition) is 3. The summed E-state index contributed by atoms with van der Waals surface area (Å²) in [5, 5.41) is 11.8. The first-order valence-corrected chi connectivity index (χ1v) is 6.85. The van der Waals surface area contributed by atoms with E-state index in [2.05, 4.69) is 5.32 Å². The first-order valence-electron chi connectivity index (χ1n) is 6.85. The van der Waals surface area contributed by atoms with Crippen molar-refractivity contribution in [3.8, 4) is 0 Å². The highest BCUT2D eigenvalue weighted by atomic mass is 16.5. The standard InChI is InChI=1S/C15H19NO4/c17-13(9-8-12-7-4-10-20-12)16-14(15(18)19)11-5-2-1-3-6-11/h1-3,5-6,12,14H,4,7-10H2,(H,16,17)(H,18,19)/t12?,14-/m0/s1. The molecule has 1 saturated heterocycles. The molecule has 1 fully saturated rings. The van der Waals surface area contributed by atoms with E-state index in [4.69, 9.17) is 4.74 Å². The first kappa shape index (κ1) is 14.5. The number of amides is 1. The van der Waals surface area contributed by atoms with Crippen molar-refractivity contribution in [2.75, 3.05) is 6.61 Å². The van der Waals surface area contributed by atoms with Crippen molar-refractivity contribution in [2.45, 2.75) is 37.8 Å². The summed E-state index contributed by atoms with van der Waals surface area (Å²) < 4.78 is 5.44. The Balaban J connectivity index is 1.87. The van der Waals surface area contributed by atoms with Crippen LogP contribution in [-0.4, -0.2) is 29.7 Å². The summed E-state index contributed by atoms with van der Waals surface area (Å²) in [6, 6.07) is 7.71. The van der Waals surface area contributed by atoms with Crippen LogP contribution in [0.4, 0.5) is 0 Å². The second-order valence-corrected chi connectivity index (χ2v) is 4.92. The molecular weight excluding hydrogens is 258 g/mol. The maximum Gasteiger partial charge on any atom is 0.330 e. The van der Waals surface area contributed by atoms with Crippen molar-refractivity contribution >= 4 is 11.9 Å². The lowest BCUT2D eigenvalue weighted by atomic mass is 10.1. The number of nitrogens with one attached hydrogen (secondary N) is 1. The molecule has 0 aliphatic carbocycles. The maximum atomic E-state index is 11.9. The first-order chi connectivity index (χ1) is 9.66. The number of rotatable bonds is 6. The van der Waals surface area contributed by atoms with Crippen LogP contribution < -0.4 is 5.32 Å². The molecule has 1 amide bonds. The Bertz CT molecular complexity index is 454. The quantitative estimate of drug-likeness (QED) is 0.832. The Hall–Kier alpha value is -1.88. The third kappa shape index (κ3) is 4.06. The predicted molar refractivity (Wildman–Crippen MR) is 73.2 cm³/mol. The summed E-state index contributed by atoms with van der Waals surface area (Å²) in [7, 11) is 0. The van der Waals surface area contributed by atoms with Gasteiger partial charge in [-0.05, 0) is 24.8 Å². The molecule has 1 aromatic carbocycles. The van der Waals surface area contributed by atoms with Crippen molar-refractivity contribution in [3.05, 3.63) is 35.9 Å². The number of benzene rings is 1. The topological polar surface area (TPSA) is 75.6 Å². The Morgan fingerprint density at radius 2 is 2.10 bits per heavy atom. The molecule has 1 aliphatic heterocycles. The largest absolute Gasteiger partial charge is 0.479 e. The fourth-order valence-electron chi connectivity index (χ4n) is 2.33. The van der Waals surface area contributed by atoms with Gasteiger partial charge in [0.15, 0.2) is 6.04 Å². The zero-order valence-electron chi connectivity index (χ0n) is 11.2. The number of ether oxygens (including phenoxy) is 1. The highest BCUT2D eigenvalue weighted by Gasteiger charge is 2.23. The van der Waals surface area contributed by atoms with E-state index in [1.54, 1.807) is 24.3 Å². The van der Waals surface area contributed by atoms with E-state index in [0.717, 1.165) is 19.4 Å². The number of hydrogen-bond donors (Lipinski definition) is 2.